The molecule has 0 saturated carbocycles. The van der Waals surface area contributed by atoms with Crippen LogP contribution in [0.2, 0.25) is 0 Å². The molecule has 1 atom stereocenters. The summed E-state index contributed by atoms with van der Waals surface area (Å²) in [6, 6.07) is 29.7. The van der Waals surface area contributed by atoms with Gasteiger partial charge in [0.2, 0.25) is 11.8 Å². The van der Waals surface area contributed by atoms with E-state index >= 15 is 0 Å². The number of benzene rings is 4. The Balaban J connectivity index is 1.32. The molecule has 1 saturated heterocycles. The van der Waals surface area contributed by atoms with Gasteiger partial charge in [-0.3, -0.25) is 19.2 Å². The van der Waals surface area contributed by atoms with Crippen molar-refractivity contribution in [3.8, 4) is 5.75 Å². The van der Waals surface area contributed by atoms with Crippen LogP contribution in [0.25, 0.3) is 6.08 Å². The summed E-state index contributed by atoms with van der Waals surface area (Å²) in [5.74, 6) is -0.861. The number of nitrogens with one attached hydrogen (secondary N) is 2. The van der Waals surface area contributed by atoms with E-state index < -0.39 is 17.1 Å². The van der Waals surface area contributed by atoms with Gasteiger partial charge in [-0.1, -0.05) is 52.3 Å². The second-order valence-electron chi connectivity index (χ2n) is 9.49. The topological polar surface area (TPSA) is 105 Å². The van der Waals surface area contributed by atoms with Gasteiger partial charge in [-0.05, 0) is 78.4 Å². The Kier molecular flexibility index (Phi) is 9.38. The van der Waals surface area contributed by atoms with Gasteiger partial charge in [0.1, 0.15) is 11.4 Å². The highest BCUT2D eigenvalue weighted by atomic mass is 79.9. The van der Waals surface area contributed by atoms with E-state index in [0.717, 1.165) is 4.47 Å². The summed E-state index contributed by atoms with van der Waals surface area (Å²) in [5, 5.41) is 4.96. The van der Waals surface area contributed by atoms with E-state index in [4.69, 9.17) is 4.74 Å². The fourth-order valence-electron chi connectivity index (χ4n) is 4.38. The Morgan fingerprint density at radius 3 is 2.35 bits per heavy atom. The first-order valence-electron chi connectivity index (χ1n) is 13.2. The lowest BCUT2D eigenvalue weighted by Gasteiger charge is -2.15. The summed E-state index contributed by atoms with van der Waals surface area (Å²) in [5.41, 5.74) is 2.12. The van der Waals surface area contributed by atoms with Crippen molar-refractivity contribution in [1.29, 1.82) is 0 Å². The molecular weight excluding hydrogens is 630 g/mol. The number of halogens is 1. The first-order chi connectivity index (χ1) is 20.8. The molecule has 4 aromatic carbocycles. The number of methoxy groups -OCH3 is 1. The Morgan fingerprint density at radius 2 is 1.65 bits per heavy atom. The maximum Gasteiger partial charge on any atom is 0.272 e. The third-order valence-electron chi connectivity index (χ3n) is 6.52. The molecule has 0 spiro atoms. The number of imide groups is 1. The molecule has 8 nitrogen and oxygen atoms in total. The van der Waals surface area contributed by atoms with Crippen LogP contribution in [0.3, 0.4) is 0 Å². The molecule has 216 valence electrons. The van der Waals surface area contributed by atoms with Gasteiger partial charge in [-0.15, -0.1) is 11.8 Å². The van der Waals surface area contributed by atoms with E-state index in [1.54, 1.807) is 110 Å². The van der Waals surface area contributed by atoms with Gasteiger partial charge >= 0.3 is 0 Å². The molecule has 10 heteroatoms. The molecular formula is C33H26BrN3O5S. The fourth-order valence-corrected chi connectivity index (χ4v) is 5.75. The van der Waals surface area contributed by atoms with Gasteiger partial charge in [0.05, 0.1) is 18.0 Å². The highest BCUT2D eigenvalue weighted by Gasteiger charge is 2.40. The summed E-state index contributed by atoms with van der Waals surface area (Å²) >= 11 is 4.63. The van der Waals surface area contributed by atoms with Crippen molar-refractivity contribution >= 4 is 68.8 Å². The summed E-state index contributed by atoms with van der Waals surface area (Å²) in [7, 11) is 1.56. The molecule has 0 aliphatic carbocycles. The monoisotopic (exact) mass is 655 g/mol. The molecule has 0 bridgehead atoms. The standard InChI is InChI=1S/C33H26BrN3O5S/c1-42-26-16-10-21(11-17-26)18-28(36-31(39)22-6-3-2-4-7-22)32(40)35-24-8-5-9-27(19-24)43-29-20-30(38)37(33(29)41)25-14-12-23(34)13-15-25/h2-19,29H,20H2,1H3,(H,35,40)(H,36,39)/b28-18-. The number of thioether (sulfide) groups is 1. The average Bonchev–Trinajstić information content (AvgIpc) is 3.30. The fraction of sp³-hybridized carbons (Fsp3) is 0.0909. The van der Waals surface area contributed by atoms with Crippen LogP contribution < -0.4 is 20.3 Å². The summed E-state index contributed by atoms with van der Waals surface area (Å²) in [4.78, 5) is 54.1. The summed E-state index contributed by atoms with van der Waals surface area (Å²) < 4.78 is 6.06. The van der Waals surface area contributed by atoms with Crippen LogP contribution >= 0.6 is 27.7 Å². The van der Waals surface area contributed by atoms with Crippen molar-refractivity contribution in [3.63, 3.8) is 0 Å². The van der Waals surface area contributed by atoms with Crippen LogP contribution in [-0.2, 0) is 14.4 Å². The third kappa shape index (κ3) is 7.40. The van der Waals surface area contributed by atoms with Gasteiger partial charge in [0.25, 0.3) is 11.8 Å². The third-order valence-corrected chi connectivity index (χ3v) is 8.22. The van der Waals surface area contributed by atoms with Crippen LogP contribution in [0.4, 0.5) is 11.4 Å². The van der Waals surface area contributed by atoms with Crippen LogP contribution in [0.5, 0.6) is 5.75 Å². The van der Waals surface area contributed by atoms with E-state index in [0.29, 0.717) is 33.1 Å². The minimum Gasteiger partial charge on any atom is -0.497 e. The lowest BCUT2D eigenvalue weighted by atomic mass is 10.1. The molecule has 1 heterocycles. The smallest absolute Gasteiger partial charge is 0.272 e. The molecule has 1 aliphatic heterocycles. The molecule has 1 unspecified atom stereocenters. The number of carbonyl (C=O) groups excluding carboxylic acids is 4. The van der Waals surface area contributed by atoms with Crippen LogP contribution in [0.1, 0.15) is 22.3 Å². The minimum atomic E-state index is -0.599. The van der Waals surface area contributed by atoms with Gasteiger partial charge in [0.15, 0.2) is 0 Å². The highest BCUT2D eigenvalue weighted by Crippen LogP contribution is 2.35. The van der Waals surface area contributed by atoms with Crippen molar-refractivity contribution in [2.24, 2.45) is 0 Å². The first kappa shape index (κ1) is 29.8. The second kappa shape index (κ2) is 13.5. The van der Waals surface area contributed by atoms with E-state index in [1.807, 2.05) is 6.07 Å². The van der Waals surface area contributed by atoms with Crippen molar-refractivity contribution in [3.05, 3.63) is 124 Å². The maximum atomic E-state index is 13.4. The Hall–Kier alpha value is -4.67. The molecule has 2 N–H and O–H groups in total. The quantitative estimate of drug-likeness (QED) is 0.162. The number of rotatable bonds is 9. The van der Waals surface area contributed by atoms with Crippen molar-refractivity contribution < 1.29 is 23.9 Å². The van der Waals surface area contributed by atoms with Crippen molar-refractivity contribution in [1.82, 2.24) is 5.32 Å². The molecule has 4 amide bonds. The predicted octanol–water partition coefficient (Wildman–Crippen LogP) is 6.29. The van der Waals surface area contributed by atoms with E-state index in [-0.39, 0.29) is 23.9 Å². The zero-order valence-electron chi connectivity index (χ0n) is 23.0. The molecule has 0 aromatic heterocycles. The molecule has 0 radical (unpaired) electrons. The van der Waals surface area contributed by atoms with Crippen molar-refractivity contribution in [2.45, 2.75) is 16.6 Å². The molecule has 1 aliphatic rings. The number of carbonyl (C=O) groups is 4. The number of amides is 4. The molecule has 4 aromatic rings. The highest BCUT2D eigenvalue weighted by molar-refractivity contribution is 9.10. The average molecular weight is 657 g/mol. The molecule has 5 rings (SSSR count). The van der Waals surface area contributed by atoms with Gasteiger partial charge < -0.3 is 15.4 Å². The normalized spacial score (nSPS) is 14.9. The minimum absolute atomic E-state index is 0.0405. The number of hydrogen-bond acceptors (Lipinski definition) is 6. The maximum absolute atomic E-state index is 13.4. The summed E-state index contributed by atoms with van der Waals surface area (Å²) in [6.45, 7) is 0. The van der Waals surface area contributed by atoms with Gasteiger partial charge in [-0.2, -0.15) is 0 Å². The largest absolute Gasteiger partial charge is 0.497 e. The van der Waals surface area contributed by atoms with Crippen LogP contribution in [-0.4, -0.2) is 36.0 Å². The van der Waals surface area contributed by atoms with Gasteiger partial charge in [0, 0.05) is 27.0 Å². The molecule has 43 heavy (non-hydrogen) atoms. The Morgan fingerprint density at radius 1 is 0.930 bits per heavy atom. The predicted molar refractivity (Wildman–Crippen MR) is 171 cm³/mol. The lowest BCUT2D eigenvalue weighted by molar-refractivity contribution is -0.121. The zero-order valence-corrected chi connectivity index (χ0v) is 25.4. The number of anilines is 2. The zero-order chi connectivity index (χ0) is 30.3. The second-order valence-corrected chi connectivity index (χ2v) is 11.7. The van der Waals surface area contributed by atoms with Crippen LogP contribution in [0.15, 0.2) is 118 Å². The summed E-state index contributed by atoms with van der Waals surface area (Å²) in [6.07, 6.45) is 1.64. The van der Waals surface area contributed by atoms with Crippen LogP contribution in [0, 0.1) is 0 Å². The Labute approximate surface area is 261 Å². The van der Waals surface area contributed by atoms with Crippen molar-refractivity contribution in [2.75, 3.05) is 17.3 Å². The number of ether oxygens (including phenoxy) is 1. The van der Waals surface area contributed by atoms with E-state index in [1.165, 1.54) is 16.7 Å². The van der Waals surface area contributed by atoms with E-state index in [2.05, 4.69) is 26.6 Å². The number of hydrogen-bond donors (Lipinski definition) is 2. The van der Waals surface area contributed by atoms with E-state index in [9.17, 15) is 19.2 Å². The lowest BCUT2D eigenvalue weighted by Crippen LogP contribution is -2.31. The SMILES string of the molecule is COc1ccc(/C=C(\NC(=O)c2ccccc2)C(=O)Nc2cccc(SC3CC(=O)N(c4ccc(Br)cc4)C3=O)c2)cc1. The molecule has 1 fully saturated rings. The van der Waals surface area contributed by atoms with Gasteiger partial charge in [-0.25, -0.2) is 4.90 Å². The number of nitrogens with zero attached hydrogens (tertiary/aromatic N) is 1. The first-order valence-corrected chi connectivity index (χ1v) is 14.9. The Bertz CT molecular complexity index is 1690.